The Labute approximate surface area is 339 Å². The molecule has 0 radical (unpaired) electrons. The second kappa shape index (κ2) is 11.5. The SMILES string of the molecule is CC1(C)c2ccccc2-c2ccc(N(c3ccc4c(c3)C(C)(C)c3ccccc3-4)c3ccc4c(c3)C3(c5ccccc5Sc5ccccc53)c3ccccc3-4)cc21. The van der Waals surface area contributed by atoms with Crippen LogP contribution in [0.15, 0.2) is 186 Å². The van der Waals surface area contributed by atoms with E-state index in [0.717, 1.165) is 5.69 Å². The molecule has 8 aromatic carbocycles. The molecule has 0 unspecified atom stereocenters. The van der Waals surface area contributed by atoms with Gasteiger partial charge in [-0.25, -0.2) is 0 Å². The summed E-state index contributed by atoms with van der Waals surface area (Å²) in [7, 11) is 0. The fourth-order valence-corrected chi connectivity index (χ4v) is 12.3. The van der Waals surface area contributed by atoms with Crippen LogP contribution in [0.2, 0.25) is 0 Å². The largest absolute Gasteiger partial charge is 0.310 e. The molecule has 0 amide bonds. The van der Waals surface area contributed by atoms with Crippen molar-refractivity contribution in [1.29, 1.82) is 0 Å². The van der Waals surface area contributed by atoms with E-state index < -0.39 is 5.41 Å². The smallest absolute Gasteiger partial charge is 0.0736 e. The van der Waals surface area contributed by atoms with Crippen molar-refractivity contribution in [3.63, 3.8) is 0 Å². The monoisotopic (exact) mass is 747 g/mol. The van der Waals surface area contributed by atoms with Crippen LogP contribution in [0.4, 0.5) is 17.1 Å². The number of benzene rings is 8. The number of anilines is 3. The minimum atomic E-state index is -0.449. The third kappa shape index (κ3) is 4.26. The zero-order valence-electron chi connectivity index (χ0n) is 32.6. The van der Waals surface area contributed by atoms with E-state index in [2.05, 4.69) is 209 Å². The molecule has 0 saturated carbocycles. The van der Waals surface area contributed by atoms with Crippen LogP contribution in [0.25, 0.3) is 33.4 Å². The van der Waals surface area contributed by atoms with E-state index in [1.54, 1.807) is 0 Å². The normalized spacial score (nSPS) is 16.1. The maximum Gasteiger partial charge on any atom is 0.0736 e. The molecule has 12 rings (SSSR count). The first-order valence-corrected chi connectivity index (χ1v) is 21.0. The quantitative estimate of drug-likeness (QED) is 0.177. The summed E-state index contributed by atoms with van der Waals surface area (Å²) < 4.78 is 0. The van der Waals surface area contributed by atoms with E-state index in [0.29, 0.717) is 0 Å². The first-order valence-electron chi connectivity index (χ1n) is 20.2. The van der Waals surface area contributed by atoms with E-state index in [4.69, 9.17) is 0 Å². The van der Waals surface area contributed by atoms with E-state index >= 15 is 0 Å². The van der Waals surface area contributed by atoms with Gasteiger partial charge in [-0.2, -0.15) is 0 Å². The number of fused-ring (bicyclic) bond motifs is 15. The van der Waals surface area contributed by atoms with Crippen LogP contribution in [0, 0.1) is 0 Å². The highest BCUT2D eigenvalue weighted by Gasteiger charge is 2.50. The Bertz CT molecular complexity index is 2870. The van der Waals surface area contributed by atoms with Gasteiger partial charge in [-0.3, -0.25) is 0 Å². The van der Waals surface area contributed by atoms with Crippen molar-refractivity contribution in [2.45, 2.75) is 53.7 Å². The van der Waals surface area contributed by atoms with Gasteiger partial charge in [-0.15, -0.1) is 0 Å². The maximum atomic E-state index is 2.53. The molecule has 1 spiro atoms. The molecule has 0 fully saturated rings. The number of rotatable bonds is 3. The molecule has 4 aliphatic rings. The Morgan fingerprint density at radius 2 is 0.649 bits per heavy atom. The van der Waals surface area contributed by atoms with Crippen molar-refractivity contribution in [2.24, 2.45) is 0 Å². The molecule has 272 valence electrons. The van der Waals surface area contributed by atoms with E-state index in [1.165, 1.54) is 99.1 Å². The molecule has 0 bridgehead atoms. The molecule has 57 heavy (non-hydrogen) atoms. The zero-order valence-corrected chi connectivity index (χ0v) is 33.4. The summed E-state index contributed by atoms with van der Waals surface area (Å²) in [6, 6.07) is 66.9. The molecule has 1 aliphatic heterocycles. The molecular weight excluding hydrogens is 707 g/mol. The van der Waals surface area contributed by atoms with Crippen molar-refractivity contribution in [1.82, 2.24) is 0 Å². The molecule has 0 saturated heterocycles. The number of hydrogen-bond acceptors (Lipinski definition) is 2. The van der Waals surface area contributed by atoms with E-state index in [1.807, 2.05) is 11.8 Å². The Hall–Kier alpha value is -6.09. The highest BCUT2D eigenvalue weighted by Crippen LogP contribution is 2.63. The molecule has 1 nitrogen and oxygen atoms in total. The predicted molar refractivity (Wildman–Crippen MR) is 238 cm³/mol. The number of nitrogens with zero attached hydrogens (tertiary/aromatic N) is 1. The predicted octanol–water partition coefficient (Wildman–Crippen LogP) is 14.6. The fourth-order valence-electron chi connectivity index (χ4n) is 11.1. The molecule has 0 aromatic heterocycles. The third-order valence-electron chi connectivity index (χ3n) is 13.7. The van der Waals surface area contributed by atoms with Gasteiger partial charge < -0.3 is 4.90 Å². The van der Waals surface area contributed by atoms with Gasteiger partial charge in [0, 0.05) is 37.7 Å². The highest BCUT2D eigenvalue weighted by atomic mass is 32.2. The summed E-state index contributed by atoms with van der Waals surface area (Å²) >= 11 is 1.90. The van der Waals surface area contributed by atoms with Crippen LogP contribution in [0.1, 0.15) is 72.2 Å². The summed E-state index contributed by atoms with van der Waals surface area (Å²) in [6.07, 6.45) is 0. The van der Waals surface area contributed by atoms with Crippen LogP contribution < -0.4 is 4.90 Å². The van der Waals surface area contributed by atoms with Gasteiger partial charge in [0.05, 0.1) is 5.41 Å². The van der Waals surface area contributed by atoms with E-state index in [9.17, 15) is 0 Å². The molecular formula is C55H41NS. The van der Waals surface area contributed by atoms with Crippen molar-refractivity contribution < 1.29 is 0 Å². The summed E-state index contributed by atoms with van der Waals surface area (Å²) in [5.74, 6) is 0. The molecule has 0 N–H and O–H groups in total. The Balaban J connectivity index is 1.13. The number of hydrogen-bond donors (Lipinski definition) is 0. The van der Waals surface area contributed by atoms with Crippen molar-refractivity contribution >= 4 is 28.8 Å². The summed E-state index contributed by atoms with van der Waals surface area (Å²) in [4.78, 5) is 5.18. The first kappa shape index (κ1) is 33.1. The van der Waals surface area contributed by atoms with Gasteiger partial charge in [0.2, 0.25) is 0 Å². The molecule has 3 aliphatic carbocycles. The Morgan fingerprint density at radius 3 is 1.12 bits per heavy atom. The minimum absolute atomic E-state index is 0.119. The lowest BCUT2D eigenvalue weighted by Gasteiger charge is -2.40. The van der Waals surface area contributed by atoms with Crippen LogP contribution in [-0.4, -0.2) is 0 Å². The topological polar surface area (TPSA) is 3.24 Å². The van der Waals surface area contributed by atoms with Crippen LogP contribution >= 0.6 is 11.8 Å². The second-order valence-corrected chi connectivity index (χ2v) is 18.3. The van der Waals surface area contributed by atoms with E-state index in [-0.39, 0.29) is 10.8 Å². The molecule has 8 aromatic rings. The van der Waals surface area contributed by atoms with Gasteiger partial charge in [0.25, 0.3) is 0 Å². The molecule has 0 atom stereocenters. The minimum Gasteiger partial charge on any atom is -0.310 e. The van der Waals surface area contributed by atoms with Crippen molar-refractivity contribution in [3.8, 4) is 33.4 Å². The molecule has 2 heteroatoms. The average molecular weight is 748 g/mol. The summed E-state index contributed by atoms with van der Waals surface area (Å²) in [5.41, 5.74) is 21.8. The van der Waals surface area contributed by atoms with Crippen molar-refractivity contribution in [2.75, 3.05) is 4.90 Å². The van der Waals surface area contributed by atoms with Gasteiger partial charge in [-0.1, -0.05) is 167 Å². The van der Waals surface area contributed by atoms with Crippen LogP contribution in [0.3, 0.4) is 0 Å². The maximum absolute atomic E-state index is 2.53. The van der Waals surface area contributed by atoms with Gasteiger partial charge in [0.1, 0.15) is 0 Å². The van der Waals surface area contributed by atoms with Crippen molar-refractivity contribution in [3.05, 3.63) is 220 Å². The lowest BCUT2D eigenvalue weighted by molar-refractivity contribution is 0.660. The lowest BCUT2D eigenvalue weighted by atomic mass is 9.67. The highest BCUT2D eigenvalue weighted by molar-refractivity contribution is 7.99. The summed E-state index contributed by atoms with van der Waals surface area (Å²) in [6.45, 7) is 9.53. The zero-order chi connectivity index (χ0) is 38.3. The summed E-state index contributed by atoms with van der Waals surface area (Å²) in [5, 5.41) is 0. The van der Waals surface area contributed by atoms with Gasteiger partial charge in [-0.05, 0) is 126 Å². The second-order valence-electron chi connectivity index (χ2n) is 17.3. The molecule has 1 heterocycles. The van der Waals surface area contributed by atoms with Crippen LogP contribution in [0.5, 0.6) is 0 Å². The standard InChI is InChI=1S/C55H41NS/c1-53(2)43-18-8-5-15-37(43)40-28-25-34(31-48(40)53)56(35-26-29-41-38-16-6-9-19-44(38)54(3,4)49(41)32-35)36-27-30-42-39-17-7-10-20-45(39)55(50(42)33-36)46-21-11-13-23-51(46)57-52-24-14-12-22-47(52)55/h5-33H,1-4H3. The van der Waals surface area contributed by atoms with Gasteiger partial charge in [0.15, 0.2) is 0 Å². The first-order chi connectivity index (χ1) is 27.8. The Morgan fingerprint density at radius 1 is 0.316 bits per heavy atom. The third-order valence-corrected chi connectivity index (χ3v) is 14.9. The van der Waals surface area contributed by atoms with Crippen LogP contribution in [-0.2, 0) is 16.2 Å². The van der Waals surface area contributed by atoms with Gasteiger partial charge >= 0.3 is 0 Å². The lowest BCUT2D eigenvalue weighted by Crippen LogP contribution is -2.32. The average Bonchev–Trinajstić information content (AvgIpc) is 3.76. The Kier molecular flexibility index (Phi) is 6.67. The fraction of sp³-hybridized carbons (Fsp3) is 0.127.